The smallest absolute Gasteiger partial charge is 0.0702 e. The van der Waals surface area contributed by atoms with Gasteiger partial charge >= 0.3 is 0 Å². The van der Waals surface area contributed by atoms with Gasteiger partial charge in [-0.1, -0.05) is 38.8 Å². The van der Waals surface area contributed by atoms with E-state index in [-0.39, 0.29) is 0 Å². The predicted octanol–water partition coefficient (Wildman–Crippen LogP) is 4.15. The Hall–Kier alpha value is -1.41. The molecule has 0 spiro atoms. The summed E-state index contributed by atoms with van der Waals surface area (Å²) in [6, 6.07) is 11.4. The molecule has 1 heterocycles. The Balaban J connectivity index is 1.67. The first kappa shape index (κ1) is 13.6. The number of hydrogen-bond donors (Lipinski definition) is 1. The van der Waals surface area contributed by atoms with Crippen LogP contribution in [0.2, 0.25) is 0 Å². The zero-order chi connectivity index (χ0) is 13.9. The number of benzene rings is 1. The van der Waals surface area contributed by atoms with Gasteiger partial charge in [-0.3, -0.25) is 4.98 Å². The second-order valence-electron chi connectivity index (χ2n) is 6.29. The summed E-state index contributed by atoms with van der Waals surface area (Å²) >= 11 is 0. The maximum atomic E-state index is 4.37. The molecular weight excluding hydrogens is 244 g/mol. The van der Waals surface area contributed by atoms with Crippen LogP contribution in [-0.4, -0.2) is 11.0 Å². The van der Waals surface area contributed by atoms with Crippen LogP contribution >= 0.6 is 0 Å². The van der Waals surface area contributed by atoms with E-state index in [1.165, 1.54) is 30.2 Å². The minimum Gasteiger partial charge on any atom is -0.310 e. The summed E-state index contributed by atoms with van der Waals surface area (Å²) in [5.41, 5.74) is 2.44. The summed E-state index contributed by atoms with van der Waals surface area (Å²) in [7, 11) is 0. The van der Waals surface area contributed by atoms with Crippen molar-refractivity contribution in [2.75, 3.05) is 0 Å². The largest absolute Gasteiger partial charge is 0.310 e. The molecule has 2 heteroatoms. The number of nitrogens with one attached hydrogen (secondary N) is 1. The Bertz CT molecular complexity index is 578. The van der Waals surface area contributed by atoms with Crippen molar-refractivity contribution >= 4 is 10.9 Å². The van der Waals surface area contributed by atoms with Crippen molar-refractivity contribution < 1.29 is 0 Å². The van der Waals surface area contributed by atoms with E-state index in [1.54, 1.807) is 0 Å². The molecule has 106 valence electrons. The third-order valence-electron chi connectivity index (χ3n) is 4.94. The van der Waals surface area contributed by atoms with Crippen molar-refractivity contribution in [3.05, 3.63) is 42.1 Å². The molecule has 0 amide bonds. The van der Waals surface area contributed by atoms with E-state index in [4.69, 9.17) is 0 Å². The van der Waals surface area contributed by atoms with E-state index in [9.17, 15) is 0 Å². The topological polar surface area (TPSA) is 24.9 Å². The number of fused-ring (bicyclic) bond motifs is 1. The number of rotatable bonds is 3. The first-order valence-corrected chi connectivity index (χ1v) is 7.81. The third-order valence-corrected chi connectivity index (χ3v) is 4.94. The molecule has 20 heavy (non-hydrogen) atoms. The van der Waals surface area contributed by atoms with E-state index in [0.717, 1.165) is 23.9 Å². The molecule has 1 fully saturated rings. The quantitative estimate of drug-likeness (QED) is 0.904. The highest BCUT2D eigenvalue weighted by atomic mass is 14.9. The first-order chi connectivity index (χ1) is 9.74. The molecule has 1 aromatic heterocycles. The zero-order valence-electron chi connectivity index (χ0n) is 12.5. The lowest BCUT2D eigenvalue weighted by Crippen LogP contribution is -2.40. The minimum absolute atomic E-state index is 0.670. The van der Waals surface area contributed by atoms with Crippen LogP contribution in [0.4, 0.5) is 0 Å². The summed E-state index contributed by atoms with van der Waals surface area (Å²) in [5.74, 6) is 1.63. The van der Waals surface area contributed by atoms with Crippen molar-refractivity contribution in [1.82, 2.24) is 10.3 Å². The van der Waals surface area contributed by atoms with Gasteiger partial charge in [-0.2, -0.15) is 0 Å². The molecule has 0 bridgehead atoms. The van der Waals surface area contributed by atoms with Crippen LogP contribution in [0.15, 0.2) is 36.5 Å². The highest BCUT2D eigenvalue weighted by Crippen LogP contribution is 2.29. The Morgan fingerprint density at radius 3 is 3.00 bits per heavy atom. The van der Waals surface area contributed by atoms with E-state index in [1.807, 2.05) is 12.3 Å². The highest BCUT2D eigenvalue weighted by molar-refractivity contribution is 5.78. The molecule has 2 nitrogen and oxygen atoms in total. The van der Waals surface area contributed by atoms with Crippen LogP contribution in [0, 0.1) is 11.8 Å². The summed E-state index contributed by atoms with van der Waals surface area (Å²) in [4.78, 5) is 4.37. The van der Waals surface area contributed by atoms with E-state index in [2.05, 4.69) is 48.4 Å². The van der Waals surface area contributed by atoms with Crippen molar-refractivity contribution in [3.8, 4) is 0 Å². The average molecular weight is 268 g/mol. The summed E-state index contributed by atoms with van der Waals surface area (Å²) in [6.07, 6.45) is 5.93. The molecule has 2 aromatic rings. The van der Waals surface area contributed by atoms with Gasteiger partial charge in [0.05, 0.1) is 5.52 Å². The van der Waals surface area contributed by atoms with Crippen LogP contribution in [0.25, 0.3) is 10.9 Å². The fraction of sp³-hybridized carbons (Fsp3) is 0.500. The van der Waals surface area contributed by atoms with Crippen LogP contribution in [0.3, 0.4) is 0 Å². The molecule has 3 unspecified atom stereocenters. The molecule has 0 aliphatic heterocycles. The van der Waals surface area contributed by atoms with Gasteiger partial charge in [0.25, 0.3) is 0 Å². The van der Waals surface area contributed by atoms with Crippen LogP contribution in [-0.2, 0) is 6.54 Å². The zero-order valence-corrected chi connectivity index (χ0v) is 12.5. The number of hydrogen-bond acceptors (Lipinski definition) is 2. The second-order valence-corrected chi connectivity index (χ2v) is 6.29. The van der Waals surface area contributed by atoms with Gasteiger partial charge in [-0.25, -0.2) is 0 Å². The molecular formula is C18H24N2. The summed E-state index contributed by atoms with van der Waals surface area (Å²) in [6.45, 7) is 5.75. The predicted molar refractivity (Wildman–Crippen MR) is 84.5 cm³/mol. The lowest BCUT2D eigenvalue weighted by atomic mass is 9.78. The molecule has 1 aliphatic rings. The Morgan fingerprint density at radius 1 is 1.20 bits per heavy atom. The van der Waals surface area contributed by atoms with E-state index < -0.39 is 0 Å². The lowest BCUT2D eigenvalue weighted by molar-refractivity contribution is 0.206. The van der Waals surface area contributed by atoms with Gasteiger partial charge in [0.2, 0.25) is 0 Å². The molecule has 1 aromatic carbocycles. The Labute approximate surface area is 121 Å². The Morgan fingerprint density at radius 2 is 2.10 bits per heavy atom. The fourth-order valence-corrected chi connectivity index (χ4v) is 3.35. The van der Waals surface area contributed by atoms with Crippen LogP contribution in [0.1, 0.15) is 38.7 Å². The number of pyridine rings is 1. The monoisotopic (exact) mass is 268 g/mol. The second kappa shape index (κ2) is 5.92. The Kier molecular flexibility index (Phi) is 4.02. The molecule has 0 radical (unpaired) electrons. The molecule has 0 saturated heterocycles. The van der Waals surface area contributed by atoms with Gasteiger partial charge < -0.3 is 5.32 Å². The maximum absolute atomic E-state index is 4.37. The highest BCUT2D eigenvalue weighted by Gasteiger charge is 2.26. The summed E-state index contributed by atoms with van der Waals surface area (Å²) in [5, 5.41) is 5.00. The van der Waals surface area contributed by atoms with Gasteiger partial charge in [0.15, 0.2) is 0 Å². The number of aromatic nitrogens is 1. The van der Waals surface area contributed by atoms with Crippen molar-refractivity contribution in [2.24, 2.45) is 11.8 Å². The van der Waals surface area contributed by atoms with Gasteiger partial charge in [0.1, 0.15) is 0 Å². The standard InChI is InChI=1S/C18H24N2/c1-13-5-3-7-17(14(13)2)20-12-15-8-9-18-16(11-15)6-4-10-19-18/h4,6,8-11,13-14,17,20H,3,5,7,12H2,1-2H3. The number of nitrogens with zero attached hydrogens (tertiary/aromatic N) is 1. The lowest BCUT2D eigenvalue weighted by Gasteiger charge is -2.34. The summed E-state index contributed by atoms with van der Waals surface area (Å²) < 4.78 is 0. The minimum atomic E-state index is 0.670. The van der Waals surface area contributed by atoms with Crippen LogP contribution in [0.5, 0.6) is 0 Å². The SMILES string of the molecule is CC1CCCC(NCc2ccc3ncccc3c2)C1C. The molecule has 1 saturated carbocycles. The van der Waals surface area contributed by atoms with E-state index in [0.29, 0.717) is 6.04 Å². The normalized spacial score (nSPS) is 26.8. The van der Waals surface area contributed by atoms with Gasteiger partial charge in [0, 0.05) is 24.2 Å². The maximum Gasteiger partial charge on any atom is 0.0702 e. The van der Waals surface area contributed by atoms with Crippen molar-refractivity contribution in [2.45, 2.75) is 45.7 Å². The van der Waals surface area contributed by atoms with Gasteiger partial charge in [-0.15, -0.1) is 0 Å². The molecule has 1 aliphatic carbocycles. The van der Waals surface area contributed by atoms with Gasteiger partial charge in [-0.05, 0) is 42.0 Å². The average Bonchev–Trinajstić information content (AvgIpc) is 2.48. The molecule has 3 rings (SSSR count). The molecule has 1 N–H and O–H groups in total. The van der Waals surface area contributed by atoms with Crippen molar-refractivity contribution in [1.29, 1.82) is 0 Å². The fourth-order valence-electron chi connectivity index (χ4n) is 3.35. The van der Waals surface area contributed by atoms with Crippen molar-refractivity contribution in [3.63, 3.8) is 0 Å². The van der Waals surface area contributed by atoms with Crippen LogP contribution < -0.4 is 5.32 Å². The first-order valence-electron chi connectivity index (χ1n) is 7.81. The third kappa shape index (κ3) is 2.85. The van der Waals surface area contributed by atoms with E-state index >= 15 is 0 Å². The molecule has 3 atom stereocenters.